The van der Waals surface area contributed by atoms with Gasteiger partial charge in [-0.1, -0.05) is 6.07 Å². The molecule has 268 valence electrons. The van der Waals surface area contributed by atoms with E-state index < -0.39 is 57.5 Å². The average molecular weight is 713 g/mol. The number of piperidine rings is 1. The molecule has 0 unspecified atom stereocenters. The number of hydrogen-bond donors (Lipinski definition) is 1. The third kappa shape index (κ3) is 10.3. The normalized spacial score (nSPS) is 20.1. The number of benzene rings is 2. The monoisotopic (exact) mass is 712 g/mol. The van der Waals surface area contributed by atoms with Gasteiger partial charge in [-0.15, -0.1) is 0 Å². The number of nitrogens with zero attached hydrogens (tertiary/aromatic N) is 4. The number of alkyl halides is 6. The molecule has 0 spiro atoms. The van der Waals surface area contributed by atoms with Gasteiger partial charge in [-0.05, 0) is 73.7 Å². The number of halogens is 7. The molecule has 2 heterocycles. The maximum Gasteiger partial charge on any atom is 0.416 e. The van der Waals surface area contributed by atoms with Gasteiger partial charge in [-0.25, -0.2) is 9.18 Å². The molecule has 2 saturated heterocycles. The Kier molecular flexibility index (Phi) is 12.2. The van der Waals surface area contributed by atoms with Crippen molar-refractivity contribution < 1.29 is 53.3 Å². The summed E-state index contributed by atoms with van der Waals surface area (Å²) in [7, 11) is -2.32. The minimum Gasteiger partial charge on any atom is -0.340 e. The number of rotatable bonds is 4. The predicted octanol–water partition coefficient (Wildman–Crippen LogP) is 6.16. The van der Waals surface area contributed by atoms with E-state index >= 15 is 0 Å². The van der Waals surface area contributed by atoms with Crippen LogP contribution in [-0.4, -0.2) is 96.6 Å². The standard InChI is InChI=1S/C30H35F7N4O2.CH4O3S/c1-18-13-24(31)5-6-26(18)27-17-25(40-11-9-39(10-12-40)20(3)42)7-8-41(27)28(43)38(4)19(2)21-14-22(29(32,33)34)16-23(15-21)30(35,36)37;1-5(2,3)4/h5-6,13-16,19,25,27H,7-12,17H2,1-4H3;1H3,(H,2,3,4)/t19-,25+,27-;/m1./s1. The first-order valence-electron chi connectivity index (χ1n) is 15.0. The highest BCUT2D eigenvalue weighted by atomic mass is 32.2. The highest BCUT2D eigenvalue weighted by Crippen LogP contribution is 2.40. The first-order valence-corrected chi connectivity index (χ1v) is 16.8. The minimum atomic E-state index is -5.01. The fourth-order valence-electron chi connectivity index (χ4n) is 6.03. The van der Waals surface area contributed by atoms with Gasteiger partial charge in [0.1, 0.15) is 5.82 Å². The summed E-state index contributed by atoms with van der Waals surface area (Å²) in [5, 5.41) is 0. The Balaban J connectivity index is 0.00000116. The Bertz CT molecular complexity index is 1540. The Labute approximate surface area is 275 Å². The Morgan fingerprint density at radius 2 is 1.46 bits per heavy atom. The molecule has 0 saturated carbocycles. The van der Waals surface area contributed by atoms with Gasteiger partial charge in [0.15, 0.2) is 0 Å². The van der Waals surface area contributed by atoms with E-state index in [0.29, 0.717) is 68.5 Å². The lowest BCUT2D eigenvalue weighted by molar-refractivity contribution is -0.143. The molecule has 1 N–H and O–H groups in total. The van der Waals surface area contributed by atoms with Crippen LogP contribution in [-0.2, 0) is 27.3 Å². The molecule has 2 fully saturated rings. The molecule has 3 amide bonds. The molecule has 2 aromatic rings. The molecular weight excluding hydrogens is 673 g/mol. The summed E-state index contributed by atoms with van der Waals surface area (Å²) in [6, 6.07) is 3.46. The molecule has 0 radical (unpaired) electrons. The maximum atomic E-state index is 14.0. The number of amides is 3. The number of piperazine rings is 1. The average Bonchev–Trinajstić information content (AvgIpc) is 2.98. The van der Waals surface area contributed by atoms with Crippen molar-refractivity contribution in [3.63, 3.8) is 0 Å². The highest BCUT2D eigenvalue weighted by molar-refractivity contribution is 7.85. The summed E-state index contributed by atoms with van der Waals surface area (Å²) in [5.41, 5.74) is -1.87. The van der Waals surface area contributed by atoms with E-state index in [1.54, 1.807) is 22.8 Å². The predicted molar refractivity (Wildman–Crippen MR) is 163 cm³/mol. The van der Waals surface area contributed by atoms with Crippen LogP contribution in [0.2, 0.25) is 0 Å². The van der Waals surface area contributed by atoms with Crippen molar-refractivity contribution in [2.75, 3.05) is 46.0 Å². The smallest absolute Gasteiger partial charge is 0.340 e. The fraction of sp³-hybridized carbons (Fsp3) is 0.548. The van der Waals surface area contributed by atoms with Crippen LogP contribution >= 0.6 is 0 Å². The highest BCUT2D eigenvalue weighted by Gasteiger charge is 2.40. The minimum absolute atomic E-state index is 0.000149. The van der Waals surface area contributed by atoms with Gasteiger partial charge >= 0.3 is 18.4 Å². The Morgan fingerprint density at radius 3 is 1.92 bits per heavy atom. The number of urea groups is 1. The van der Waals surface area contributed by atoms with Gasteiger partial charge in [0.2, 0.25) is 5.91 Å². The molecule has 9 nitrogen and oxygen atoms in total. The third-order valence-electron chi connectivity index (χ3n) is 8.66. The molecule has 0 bridgehead atoms. The zero-order valence-corrected chi connectivity index (χ0v) is 27.9. The van der Waals surface area contributed by atoms with Crippen LogP contribution in [0.3, 0.4) is 0 Å². The zero-order valence-electron chi connectivity index (χ0n) is 27.1. The van der Waals surface area contributed by atoms with E-state index in [9.17, 15) is 48.7 Å². The number of likely N-dealkylation sites (tertiary alicyclic amines) is 1. The second kappa shape index (κ2) is 15.0. The topological polar surface area (TPSA) is 101 Å². The second-order valence-corrected chi connectivity index (χ2v) is 13.5. The lowest BCUT2D eigenvalue weighted by Gasteiger charge is -2.47. The Hall–Kier alpha value is -3.44. The van der Waals surface area contributed by atoms with Crippen molar-refractivity contribution in [3.8, 4) is 0 Å². The maximum absolute atomic E-state index is 14.0. The lowest BCUT2D eigenvalue weighted by atomic mass is 9.88. The van der Waals surface area contributed by atoms with Gasteiger partial charge in [0.25, 0.3) is 10.1 Å². The fourth-order valence-corrected chi connectivity index (χ4v) is 6.03. The van der Waals surface area contributed by atoms with Gasteiger partial charge in [0, 0.05) is 52.7 Å². The number of hydrogen-bond acceptors (Lipinski definition) is 5. The first-order chi connectivity index (χ1) is 22.0. The molecule has 2 aliphatic rings. The second-order valence-electron chi connectivity index (χ2n) is 12.1. The van der Waals surface area contributed by atoms with E-state index in [0.717, 1.165) is 4.90 Å². The molecule has 4 rings (SSSR count). The summed E-state index contributed by atoms with van der Waals surface area (Å²) in [6.45, 7) is 7.36. The molecule has 0 aliphatic carbocycles. The number of carbonyl (C=O) groups is 2. The van der Waals surface area contributed by atoms with Crippen molar-refractivity contribution >= 4 is 22.1 Å². The van der Waals surface area contributed by atoms with Gasteiger partial charge in [-0.3, -0.25) is 14.2 Å². The summed E-state index contributed by atoms with van der Waals surface area (Å²) in [5.74, 6) is -0.442. The van der Waals surface area contributed by atoms with Crippen molar-refractivity contribution in [1.82, 2.24) is 19.6 Å². The number of carbonyl (C=O) groups excluding carboxylic acids is 2. The van der Waals surface area contributed by atoms with E-state index in [-0.39, 0.29) is 30.1 Å². The van der Waals surface area contributed by atoms with E-state index in [4.69, 9.17) is 4.55 Å². The summed E-state index contributed by atoms with van der Waals surface area (Å²) in [6.07, 6.45) is -8.25. The van der Waals surface area contributed by atoms with Gasteiger partial charge in [-0.2, -0.15) is 34.8 Å². The molecule has 0 aromatic heterocycles. The van der Waals surface area contributed by atoms with E-state index in [1.165, 1.54) is 33.0 Å². The SMILES string of the molecule is CC(=O)N1CCN([C@H]2CCN(C(=O)N(C)[C@H](C)c3cc(C(F)(F)F)cc(C(F)(F)F)c3)[C@@H](c3ccc(F)cc3C)C2)CC1.CS(=O)(=O)O. The Morgan fingerprint density at radius 1 is 0.938 bits per heavy atom. The lowest BCUT2D eigenvalue weighted by Crippen LogP contribution is -2.56. The van der Waals surface area contributed by atoms with Crippen molar-refractivity contribution in [3.05, 3.63) is 70.0 Å². The van der Waals surface area contributed by atoms with Crippen LogP contribution in [0.1, 0.15) is 66.6 Å². The van der Waals surface area contributed by atoms with Crippen LogP contribution in [0.4, 0.5) is 35.5 Å². The molecule has 2 aromatic carbocycles. The quantitative estimate of drug-likeness (QED) is 0.301. The summed E-state index contributed by atoms with van der Waals surface area (Å²) in [4.78, 5) is 32.4. The van der Waals surface area contributed by atoms with Crippen LogP contribution < -0.4 is 0 Å². The van der Waals surface area contributed by atoms with Crippen molar-refractivity contribution in [1.29, 1.82) is 0 Å². The summed E-state index contributed by atoms with van der Waals surface area (Å²) >= 11 is 0. The van der Waals surface area contributed by atoms with E-state index in [1.807, 2.05) is 0 Å². The molecule has 17 heteroatoms. The third-order valence-corrected chi connectivity index (χ3v) is 8.66. The van der Waals surface area contributed by atoms with Crippen molar-refractivity contribution in [2.24, 2.45) is 0 Å². The van der Waals surface area contributed by atoms with Crippen LogP contribution in [0.5, 0.6) is 0 Å². The summed E-state index contributed by atoms with van der Waals surface area (Å²) < 4.78 is 121. The molecule has 3 atom stereocenters. The number of aryl methyl sites for hydroxylation is 1. The van der Waals surface area contributed by atoms with E-state index in [2.05, 4.69) is 4.90 Å². The molecular formula is C31H39F7N4O5S. The molecule has 2 aliphatic heterocycles. The van der Waals surface area contributed by atoms with Crippen LogP contribution in [0.15, 0.2) is 36.4 Å². The molecule has 48 heavy (non-hydrogen) atoms. The van der Waals surface area contributed by atoms with Crippen LogP contribution in [0.25, 0.3) is 0 Å². The largest absolute Gasteiger partial charge is 0.416 e. The van der Waals surface area contributed by atoms with Crippen molar-refractivity contribution in [2.45, 2.75) is 64.1 Å². The zero-order chi connectivity index (χ0) is 36.4. The first kappa shape index (κ1) is 39.0. The van der Waals surface area contributed by atoms with Crippen LogP contribution in [0, 0.1) is 12.7 Å². The van der Waals surface area contributed by atoms with Gasteiger partial charge in [0.05, 0.1) is 29.5 Å². The van der Waals surface area contributed by atoms with Gasteiger partial charge < -0.3 is 14.7 Å².